The van der Waals surface area contributed by atoms with E-state index < -0.39 is 0 Å². The molecule has 0 radical (unpaired) electrons. The molecule has 1 aliphatic rings. The summed E-state index contributed by atoms with van der Waals surface area (Å²) in [6.45, 7) is 0. The monoisotopic (exact) mass is 621 g/mol. The highest BCUT2D eigenvalue weighted by Gasteiger charge is 2.31. The SMILES string of the molecule is Nc1cccc(-c2ccc3cc(-c4ccc5c6c(cccc46)-c4c-5c(-c5ccccc5)c5ccccc5c4-c4ccccc4)ccc3c2)c1. The van der Waals surface area contributed by atoms with Crippen LogP contribution in [0, 0.1) is 0 Å². The molecule has 0 atom stereocenters. The Morgan fingerprint density at radius 2 is 0.776 bits per heavy atom. The summed E-state index contributed by atoms with van der Waals surface area (Å²) < 4.78 is 0. The lowest BCUT2D eigenvalue weighted by Crippen LogP contribution is -1.93. The molecule has 2 N–H and O–H groups in total. The molecule has 0 saturated carbocycles. The van der Waals surface area contributed by atoms with Crippen molar-refractivity contribution in [1.29, 1.82) is 0 Å². The van der Waals surface area contributed by atoms with Crippen LogP contribution in [0.1, 0.15) is 0 Å². The minimum Gasteiger partial charge on any atom is -0.399 e. The molecule has 0 fully saturated rings. The van der Waals surface area contributed by atoms with Gasteiger partial charge in [-0.2, -0.15) is 0 Å². The average Bonchev–Trinajstić information content (AvgIpc) is 3.49. The predicted octanol–water partition coefficient (Wildman–Crippen LogP) is 13.0. The molecule has 0 amide bonds. The van der Waals surface area contributed by atoms with Crippen molar-refractivity contribution in [3.05, 3.63) is 176 Å². The third-order valence-corrected chi connectivity index (χ3v) is 10.3. The maximum Gasteiger partial charge on any atom is 0.0320 e. The van der Waals surface area contributed by atoms with Gasteiger partial charge in [0.2, 0.25) is 0 Å². The highest BCUT2D eigenvalue weighted by molar-refractivity contribution is 6.28. The molecular weight excluding hydrogens is 591 g/mol. The summed E-state index contributed by atoms with van der Waals surface area (Å²) >= 11 is 0. The summed E-state index contributed by atoms with van der Waals surface area (Å²) in [7, 11) is 0. The molecule has 0 aromatic heterocycles. The van der Waals surface area contributed by atoms with E-state index in [9.17, 15) is 0 Å². The van der Waals surface area contributed by atoms with Crippen LogP contribution in [0.3, 0.4) is 0 Å². The molecule has 49 heavy (non-hydrogen) atoms. The second kappa shape index (κ2) is 10.8. The summed E-state index contributed by atoms with van der Waals surface area (Å²) in [5.41, 5.74) is 22.0. The van der Waals surface area contributed by atoms with Gasteiger partial charge in [0.1, 0.15) is 0 Å². The van der Waals surface area contributed by atoms with Gasteiger partial charge in [-0.15, -0.1) is 0 Å². The Labute approximate surface area is 285 Å². The van der Waals surface area contributed by atoms with Crippen LogP contribution < -0.4 is 5.73 Å². The zero-order chi connectivity index (χ0) is 32.5. The van der Waals surface area contributed by atoms with Gasteiger partial charge in [0.05, 0.1) is 0 Å². The zero-order valence-electron chi connectivity index (χ0n) is 26.8. The third-order valence-electron chi connectivity index (χ3n) is 10.3. The normalized spacial score (nSPS) is 11.8. The van der Waals surface area contributed by atoms with Gasteiger partial charge < -0.3 is 5.73 Å². The van der Waals surface area contributed by atoms with Crippen molar-refractivity contribution >= 4 is 38.0 Å². The Bertz CT molecular complexity index is 2670. The van der Waals surface area contributed by atoms with Crippen molar-refractivity contribution in [3.63, 3.8) is 0 Å². The Morgan fingerprint density at radius 1 is 0.286 bits per heavy atom. The van der Waals surface area contributed by atoms with Gasteiger partial charge in [0.25, 0.3) is 0 Å². The minimum atomic E-state index is 0.780. The van der Waals surface area contributed by atoms with Crippen molar-refractivity contribution in [1.82, 2.24) is 0 Å². The molecule has 0 bridgehead atoms. The summed E-state index contributed by atoms with van der Waals surface area (Å²) in [4.78, 5) is 0. The summed E-state index contributed by atoms with van der Waals surface area (Å²) in [6, 6.07) is 64.0. The Balaban J connectivity index is 1.23. The lowest BCUT2D eigenvalue weighted by molar-refractivity contribution is 1.62. The lowest BCUT2D eigenvalue weighted by atomic mass is 9.82. The van der Waals surface area contributed by atoms with E-state index in [1.807, 2.05) is 18.2 Å². The highest BCUT2D eigenvalue weighted by atomic mass is 14.5. The first-order valence-electron chi connectivity index (χ1n) is 16.9. The van der Waals surface area contributed by atoms with Crippen LogP contribution in [0.4, 0.5) is 5.69 Å². The quantitative estimate of drug-likeness (QED) is 0.194. The second-order valence-electron chi connectivity index (χ2n) is 13.1. The highest BCUT2D eigenvalue weighted by Crippen LogP contribution is 2.58. The van der Waals surface area contributed by atoms with E-state index in [0.717, 1.165) is 11.3 Å². The Morgan fingerprint density at radius 3 is 1.43 bits per heavy atom. The second-order valence-corrected chi connectivity index (χ2v) is 13.1. The maximum absolute atomic E-state index is 6.09. The number of hydrogen-bond acceptors (Lipinski definition) is 1. The van der Waals surface area contributed by atoms with Crippen LogP contribution in [0.5, 0.6) is 0 Å². The van der Waals surface area contributed by atoms with Crippen molar-refractivity contribution in [2.24, 2.45) is 0 Å². The van der Waals surface area contributed by atoms with Crippen molar-refractivity contribution in [3.8, 4) is 66.8 Å². The van der Waals surface area contributed by atoms with E-state index in [4.69, 9.17) is 5.73 Å². The number of hydrogen-bond donors (Lipinski definition) is 1. The van der Waals surface area contributed by atoms with Gasteiger partial charge >= 0.3 is 0 Å². The molecule has 0 aliphatic heterocycles. The molecule has 9 aromatic carbocycles. The molecule has 1 heteroatoms. The van der Waals surface area contributed by atoms with Crippen LogP contribution in [-0.2, 0) is 0 Å². The van der Waals surface area contributed by atoms with Crippen molar-refractivity contribution in [2.75, 3.05) is 5.73 Å². The van der Waals surface area contributed by atoms with Gasteiger partial charge in [0.15, 0.2) is 0 Å². The fourth-order valence-corrected chi connectivity index (χ4v) is 8.17. The van der Waals surface area contributed by atoms with Gasteiger partial charge in [-0.1, -0.05) is 152 Å². The molecule has 0 saturated heterocycles. The fraction of sp³-hybridized carbons (Fsp3) is 0. The zero-order valence-corrected chi connectivity index (χ0v) is 26.8. The number of rotatable bonds is 4. The third kappa shape index (κ3) is 4.26. The first kappa shape index (κ1) is 27.7. The maximum atomic E-state index is 6.09. The molecule has 0 unspecified atom stereocenters. The first-order valence-corrected chi connectivity index (χ1v) is 16.9. The van der Waals surface area contributed by atoms with Crippen molar-refractivity contribution < 1.29 is 0 Å². The molecule has 9 aromatic rings. The van der Waals surface area contributed by atoms with E-state index in [0.29, 0.717) is 0 Å². The molecule has 228 valence electrons. The topological polar surface area (TPSA) is 26.0 Å². The van der Waals surface area contributed by atoms with E-state index in [2.05, 4.69) is 158 Å². The average molecular weight is 622 g/mol. The van der Waals surface area contributed by atoms with Crippen LogP contribution >= 0.6 is 0 Å². The first-order chi connectivity index (χ1) is 24.2. The number of benzene rings is 9. The largest absolute Gasteiger partial charge is 0.399 e. The van der Waals surface area contributed by atoms with E-state index in [1.54, 1.807) is 0 Å². The molecular formula is C48H31N. The van der Waals surface area contributed by atoms with Gasteiger partial charge in [-0.3, -0.25) is 0 Å². The molecule has 1 nitrogen and oxygen atoms in total. The summed E-state index contributed by atoms with van der Waals surface area (Å²) in [5.74, 6) is 0. The van der Waals surface area contributed by atoms with Gasteiger partial charge in [-0.05, 0) is 123 Å². The van der Waals surface area contributed by atoms with Gasteiger partial charge in [0, 0.05) is 5.69 Å². The standard InChI is InChI=1S/C48H31N/c49-37-16-9-15-32(29-37)33-21-22-35-28-36(24-23-34(35)27-33)38-25-26-43-46-39(38)19-10-20-42(46)47-44(30-11-3-1-4-12-30)40-17-7-8-18-41(40)45(48(43)47)31-13-5-2-6-14-31/h1-29H,49H2. The number of nitrogens with two attached hydrogens (primary N) is 1. The van der Waals surface area contributed by atoms with E-state index >= 15 is 0 Å². The smallest absolute Gasteiger partial charge is 0.0320 e. The van der Waals surface area contributed by atoms with E-state index in [1.165, 1.54) is 93.5 Å². The van der Waals surface area contributed by atoms with Gasteiger partial charge in [-0.25, -0.2) is 0 Å². The van der Waals surface area contributed by atoms with E-state index in [-0.39, 0.29) is 0 Å². The van der Waals surface area contributed by atoms with Crippen LogP contribution in [-0.4, -0.2) is 0 Å². The Kier molecular flexibility index (Phi) is 6.10. The summed E-state index contributed by atoms with van der Waals surface area (Å²) in [5, 5.41) is 7.61. The van der Waals surface area contributed by atoms with Crippen LogP contribution in [0.25, 0.3) is 99.1 Å². The molecule has 10 rings (SSSR count). The minimum absolute atomic E-state index is 0.780. The summed E-state index contributed by atoms with van der Waals surface area (Å²) in [6.07, 6.45) is 0. The molecule has 1 aliphatic carbocycles. The van der Waals surface area contributed by atoms with Crippen LogP contribution in [0.15, 0.2) is 176 Å². The Hall–Kier alpha value is -6.44. The lowest BCUT2D eigenvalue weighted by Gasteiger charge is -2.20. The molecule has 0 spiro atoms. The number of anilines is 1. The molecule has 0 heterocycles. The fourth-order valence-electron chi connectivity index (χ4n) is 8.17. The predicted molar refractivity (Wildman–Crippen MR) is 210 cm³/mol. The van der Waals surface area contributed by atoms with Crippen LogP contribution in [0.2, 0.25) is 0 Å². The number of fused-ring (bicyclic) bond motifs is 5. The van der Waals surface area contributed by atoms with Crippen molar-refractivity contribution in [2.45, 2.75) is 0 Å². The number of nitrogen functional groups attached to an aromatic ring is 1.